The van der Waals surface area contributed by atoms with Crippen molar-refractivity contribution in [1.29, 1.82) is 0 Å². The van der Waals surface area contributed by atoms with Crippen molar-refractivity contribution in [2.75, 3.05) is 17.7 Å². The molecule has 0 unspecified atom stereocenters. The molecule has 1 aromatic carbocycles. The second-order valence-corrected chi connectivity index (χ2v) is 4.25. The normalized spacial score (nSPS) is 9.95. The topological polar surface area (TPSA) is 76.1 Å². The van der Waals surface area contributed by atoms with Crippen molar-refractivity contribution in [1.82, 2.24) is 9.97 Å². The Hall–Kier alpha value is -2.63. The van der Waals surface area contributed by atoms with Crippen LogP contribution in [0.15, 0.2) is 30.6 Å². The average Bonchev–Trinajstić information content (AvgIpc) is 2.38. The van der Waals surface area contributed by atoms with Crippen molar-refractivity contribution in [2.45, 2.75) is 13.8 Å². The van der Waals surface area contributed by atoms with Gasteiger partial charge in [0.05, 0.1) is 0 Å². The minimum Gasteiger partial charge on any atom is -0.439 e. The Bertz CT molecular complexity index is 628. The highest BCUT2D eigenvalue weighted by molar-refractivity contribution is 5.87. The lowest BCUT2D eigenvalue weighted by molar-refractivity contribution is -0.114. The molecule has 0 aliphatic carbocycles. The van der Waals surface area contributed by atoms with Crippen LogP contribution in [0.5, 0.6) is 11.6 Å². The van der Waals surface area contributed by atoms with Crippen LogP contribution < -0.4 is 15.4 Å². The summed E-state index contributed by atoms with van der Waals surface area (Å²) >= 11 is 0. The van der Waals surface area contributed by atoms with Crippen molar-refractivity contribution < 1.29 is 9.53 Å². The molecule has 6 nitrogen and oxygen atoms in total. The van der Waals surface area contributed by atoms with Crippen LogP contribution in [0.4, 0.5) is 11.5 Å². The number of carbonyl (C=O) groups excluding carboxylic acids is 1. The number of amides is 1. The smallest absolute Gasteiger partial charge is 0.224 e. The van der Waals surface area contributed by atoms with E-state index in [2.05, 4.69) is 20.6 Å². The minimum absolute atomic E-state index is 0.191. The molecule has 0 spiro atoms. The largest absolute Gasteiger partial charge is 0.439 e. The third-order valence-corrected chi connectivity index (χ3v) is 2.64. The number of hydrogen-bond donors (Lipinski definition) is 2. The number of ether oxygens (including phenoxy) is 1. The van der Waals surface area contributed by atoms with Crippen LogP contribution in [0.25, 0.3) is 0 Å². The van der Waals surface area contributed by atoms with Gasteiger partial charge in [-0.3, -0.25) is 4.79 Å². The van der Waals surface area contributed by atoms with Crippen LogP contribution >= 0.6 is 0 Å². The molecule has 2 rings (SSSR count). The van der Waals surface area contributed by atoms with Crippen LogP contribution in [0.3, 0.4) is 0 Å². The molecule has 0 saturated heterocycles. The Morgan fingerprint density at radius 1 is 1.25 bits per heavy atom. The molecule has 0 bridgehead atoms. The predicted molar refractivity (Wildman–Crippen MR) is 77.1 cm³/mol. The molecule has 6 heteroatoms. The summed E-state index contributed by atoms with van der Waals surface area (Å²) in [7, 11) is 1.87. The lowest BCUT2D eigenvalue weighted by Crippen LogP contribution is -2.07. The number of anilines is 2. The molecule has 1 heterocycles. The van der Waals surface area contributed by atoms with Crippen molar-refractivity contribution in [3.05, 3.63) is 36.2 Å². The van der Waals surface area contributed by atoms with E-state index in [-0.39, 0.29) is 5.91 Å². The Kier molecular flexibility index (Phi) is 4.14. The Balaban J connectivity index is 2.17. The molecule has 20 heavy (non-hydrogen) atoms. The first-order valence-corrected chi connectivity index (χ1v) is 6.14. The number of rotatable bonds is 4. The molecular formula is C14H16N4O2. The minimum atomic E-state index is -0.191. The molecule has 1 amide bonds. The van der Waals surface area contributed by atoms with Gasteiger partial charge in [0.15, 0.2) is 0 Å². The van der Waals surface area contributed by atoms with E-state index in [0.29, 0.717) is 17.4 Å². The van der Waals surface area contributed by atoms with Gasteiger partial charge in [-0.25, -0.2) is 9.97 Å². The average molecular weight is 272 g/mol. The Labute approximate surface area is 117 Å². The fourth-order valence-corrected chi connectivity index (χ4v) is 1.74. The van der Waals surface area contributed by atoms with E-state index in [1.54, 1.807) is 6.07 Å². The number of aryl methyl sites for hydroxylation is 1. The molecule has 0 atom stereocenters. The summed E-state index contributed by atoms with van der Waals surface area (Å²) in [6.07, 6.45) is 1.34. The zero-order valence-corrected chi connectivity index (χ0v) is 11.6. The predicted octanol–water partition coefficient (Wildman–Crippen LogP) is 2.58. The first-order chi connectivity index (χ1) is 9.58. The molecule has 0 aliphatic rings. The quantitative estimate of drug-likeness (QED) is 0.894. The van der Waals surface area contributed by atoms with Gasteiger partial charge in [-0.1, -0.05) is 0 Å². The van der Waals surface area contributed by atoms with Gasteiger partial charge in [0.2, 0.25) is 11.8 Å². The summed E-state index contributed by atoms with van der Waals surface area (Å²) in [4.78, 5) is 18.9. The SMILES string of the molecule is CNc1ccc(Oc2cc(NC(C)=O)ncn2)cc1C. The van der Waals surface area contributed by atoms with E-state index < -0.39 is 0 Å². The standard InChI is InChI=1S/C14H16N4O2/c1-9-6-11(4-5-12(9)15-3)20-14-7-13(16-8-17-14)18-10(2)19/h4-8,15H,1-3H3,(H,16,17,18,19). The molecule has 0 saturated carbocycles. The molecule has 0 fully saturated rings. The van der Waals surface area contributed by atoms with Crippen molar-refractivity contribution >= 4 is 17.4 Å². The van der Waals surface area contributed by atoms with Crippen molar-refractivity contribution in [3.63, 3.8) is 0 Å². The highest BCUT2D eigenvalue weighted by Gasteiger charge is 2.04. The lowest BCUT2D eigenvalue weighted by atomic mass is 10.2. The maximum absolute atomic E-state index is 11.0. The second-order valence-electron chi connectivity index (χ2n) is 4.25. The van der Waals surface area contributed by atoms with Crippen LogP contribution in [0.2, 0.25) is 0 Å². The molecule has 1 aromatic heterocycles. The lowest BCUT2D eigenvalue weighted by Gasteiger charge is -2.09. The molecule has 104 valence electrons. The fraction of sp³-hybridized carbons (Fsp3) is 0.214. The monoisotopic (exact) mass is 272 g/mol. The van der Waals surface area contributed by atoms with E-state index >= 15 is 0 Å². The summed E-state index contributed by atoms with van der Waals surface area (Å²) < 4.78 is 5.65. The van der Waals surface area contributed by atoms with E-state index in [9.17, 15) is 4.79 Å². The summed E-state index contributed by atoms with van der Waals surface area (Å²) in [5.41, 5.74) is 2.11. The van der Waals surface area contributed by atoms with Gasteiger partial charge in [-0.2, -0.15) is 0 Å². The van der Waals surface area contributed by atoms with Gasteiger partial charge in [-0.05, 0) is 30.7 Å². The molecule has 2 N–H and O–H groups in total. The first kappa shape index (κ1) is 13.8. The van der Waals surface area contributed by atoms with E-state index in [1.165, 1.54) is 13.3 Å². The summed E-state index contributed by atoms with van der Waals surface area (Å²) in [6.45, 7) is 3.41. The van der Waals surface area contributed by atoms with Gasteiger partial charge < -0.3 is 15.4 Å². The van der Waals surface area contributed by atoms with E-state index in [4.69, 9.17) is 4.74 Å². The highest BCUT2D eigenvalue weighted by atomic mass is 16.5. The van der Waals surface area contributed by atoms with Gasteiger partial charge in [0.25, 0.3) is 0 Å². The molecule has 2 aromatic rings. The second kappa shape index (κ2) is 6.01. The highest BCUT2D eigenvalue weighted by Crippen LogP contribution is 2.25. The number of benzene rings is 1. The Morgan fingerprint density at radius 3 is 2.70 bits per heavy atom. The zero-order chi connectivity index (χ0) is 14.5. The van der Waals surface area contributed by atoms with Crippen molar-refractivity contribution in [3.8, 4) is 11.6 Å². The summed E-state index contributed by atoms with van der Waals surface area (Å²) in [5, 5.41) is 5.67. The molecular weight excluding hydrogens is 256 g/mol. The van der Waals surface area contributed by atoms with Crippen molar-refractivity contribution in [2.24, 2.45) is 0 Å². The van der Waals surface area contributed by atoms with Crippen LogP contribution in [-0.4, -0.2) is 22.9 Å². The first-order valence-electron chi connectivity index (χ1n) is 6.14. The number of nitrogens with one attached hydrogen (secondary N) is 2. The van der Waals surface area contributed by atoms with Gasteiger partial charge in [0.1, 0.15) is 17.9 Å². The third-order valence-electron chi connectivity index (χ3n) is 2.64. The summed E-state index contributed by atoms with van der Waals surface area (Å²) in [5.74, 6) is 1.27. The van der Waals surface area contributed by atoms with Gasteiger partial charge >= 0.3 is 0 Å². The van der Waals surface area contributed by atoms with Crippen LogP contribution in [-0.2, 0) is 4.79 Å². The molecule has 0 aliphatic heterocycles. The maximum Gasteiger partial charge on any atom is 0.224 e. The van der Waals surface area contributed by atoms with Gasteiger partial charge in [0, 0.05) is 25.7 Å². The Morgan fingerprint density at radius 2 is 2.05 bits per heavy atom. The molecule has 0 radical (unpaired) electrons. The van der Waals surface area contributed by atoms with Gasteiger partial charge in [-0.15, -0.1) is 0 Å². The number of nitrogens with zero attached hydrogens (tertiary/aromatic N) is 2. The van der Waals surface area contributed by atoms with Crippen LogP contribution in [0, 0.1) is 6.92 Å². The number of aromatic nitrogens is 2. The number of hydrogen-bond acceptors (Lipinski definition) is 5. The fourth-order valence-electron chi connectivity index (χ4n) is 1.74. The zero-order valence-electron chi connectivity index (χ0n) is 11.6. The van der Waals surface area contributed by atoms with E-state index in [1.807, 2.05) is 32.2 Å². The number of carbonyl (C=O) groups is 1. The summed E-state index contributed by atoms with van der Waals surface area (Å²) in [6, 6.07) is 7.26. The van der Waals surface area contributed by atoms with Crippen LogP contribution in [0.1, 0.15) is 12.5 Å². The van der Waals surface area contributed by atoms with E-state index in [0.717, 1.165) is 11.3 Å². The maximum atomic E-state index is 11.0. The third kappa shape index (κ3) is 3.44.